The lowest BCUT2D eigenvalue weighted by Gasteiger charge is -2.16. The van der Waals surface area contributed by atoms with E-state index >= 15 is 0 Å². The molecule has 0 radical (unpaired) electrons. The fourth-order valence-electron chi connectivity index (χ4n) is 1.86. The number of alkyl halides is 3. The van der Waals surface area contributed by atoms with Gasteiger partial charge in [0.05, 0.1) is 5.56 Å². The summed E-state index contributed by atoms with van der Waals surface area (Å²) in [5.41, 5.74) is 4.76. The fraction of sp³-hybridized carbons (Fsp3) is 0.143. The summed E-state index contributed by atoms with van der Waals surface area (Å²) in [6.07, 6.45) is -5.79. The molecular weight excluding hydrogens is 274 g/mol. The van der Waals surface area contributed by atoms with Crippen molar-refractivity contribution in [3.63, 3.8) is 0 Å². The lowest BCUT2D eigenvalue weighted by atomic mass is 9.98. The molecule has 0 aliphatic rings. The Labute approximate surface area is 112 Å². The van der Waals surface area contributed by atoms with Gasteiger partial charge in [-0.05, 0) is 29.8 Å². The van der Waals surface area contributed by atoms with Crippen molar-refractivity contribution in [2.24, 2.45) is 0 Å². The zero-order valence-electron chi connectivity index (χ0n) is 10.2. The summed E-state index contributed by atoms with van der Waals surface area (Å²) in [5.74, 6) is -0.549. The number of aliphatic hydroxyl groups excluding tert-OH is 1. The standard InChI is InChI=1S/C14H11F4NO/c15-10-3-1-2-8(6-10)13(20)11-5-4-9(7-12(11)19)14(16,17)18/h1-7,13,20H,19H2. The van der Waals surface area contributed by atoms with Crippen LogP contribution in [0.4, 0.5) is 23.2 Å². The van der Waals surface area contributed by atoms with Crippen LogP contribution in [0, 0.1) is 5.82 Å². The Morgan fingerprint density at radius 1 is 1.05 bits per heavy atom. The lowest BCUT2D eigenvalue weighted by Crippen LogP contribution is -2.09. The maximum atomic E-state index is 13.1. The normalized spacial score (nSPS) is 13.2. The van der Waals surface area contributed by atoms with E-state index in [0.717, 1.165) is 24.3 Å². The van der Waals surface area contributed by atoms with E-state index in [1.807, 2.05) is 0 Å². The zero-order valence-corrected chi connectivity index (χ0v) is 10.2. The number of nitrogen functional groups attached to an aromatic ring is 1. The summed E-state index contributed by atoms with van der Waals surface area (Å²) < 4.78 is 50.6. The Kier molecular flexibility index (Phi) is 3.67. The molecule has 106 valence electrons. The van der Waals surface area contributed by atoms with Gasteiger partial charge in [0.1, 0.15) is 11.9 Å². The predicted octanol–water partition coefficient (Wildman–Crippen LogP) is 3.51. The summed E-state index contributed by atoms with van der Waals surface area (Å²) >= 11 is 0. The molecule has 0 aromatic heterocycles. The van der Waals surface area contributed by atoms with E-state index in [9.17, 15) is 22.7 Å². The monoisotopic (exact) mass is 285 g/mol. The van der Waals surface area contributed by atoms with E-state index in [-0.39, 0.29) is 16.8 Å². The highest BCUT2D eigenvalue weighted by atomic mass is 19.4. The molecule has 3 N–H and O–H groups in total. The molecule has 0 amide bonds. The quantitative estimate of drug-likeness (QED) is 0.655. The first-order valence-electron chi connectivity index (χ1n) is 5.69. The van der Waals surface area contributed by atoms with Crippen LogP contribution < -0.4 is 5.73 Å². The summed E-state index contributed by atoms with van der Waals surface area (Å²) in [6, 6.07) is 7.83. The highest BCUT2D eigenvalue weighted by Gasteiger charge is 2.31. The van der Waals surface area contributed by atoms with Crippen molar-refractivity contribution in [1.82, 2.24) is 0 Å². The van der Waals surface area contributed by atoms with E-state index in [4.69, 9.17) is 5.73 Å². The highest BCUT2D eigenvalue weighted by molar-refractivity contribution is 5.53. The largest absolute Gasteiger partial charge is 0.416 e. The van der Waals surface area contributed by atoms with Crippen molar-refractivity contribution in [1.29, 1.82) is 0 Å². The number of anilines is 1. The maximum absolute atomic E-state index is 13.1. The molecule has 1 atom stereocenters. The van der Waals surface area contributed by atoms with Gasteiger partial charge in [0.2, 0.25) is 0 Å². The summed E-state index contributed by atoms with van der Waals surface area (Å²) in [4.78, 5) is 0. The third-order valence-electron chi connectivity index (χ3n) is 2.87. The second kappa shape index (κ2) is 5.13. The van der Waals surface area contributed by atoms with Gasteiger partial charge >= 0.3 is 6.18 Å². The Morgan fingerprint density at radius 2 is 1.75 bits per heavy atom. The molecule has 0 bridgehead atoms. The number of hydrogen-bond donors (Lipinski definition) is 2. The van der Waals surface area contributed by atoms with Crippen LogP contribution >= 0.6 is 0 Å². The van der Waals surface area contributed by atoms with Crippen LogP contribution in [0.2, 0.25) is 0 Å². The number of hydrogen-bond acceptors (Lipinski definition) is 2. The van der Waals surface area contributed by atoms with Gasteiger partial charge in [0, 0.05) is 11.3 Å². The van der Waals surface area contributed by atoms with Crippen molar-refractivity contribution in [3.8, 4) is 0 Å². The van der Waals surface area contributed by atoms with Gasteiger partial charge in [-0.3, -0.25) is 0 Å². The van der Waals surface area contributed by atoms with E-state index < -0.39 is 23.7 Å². The van der Waals surface area contributed by atoms with Crippen LogP contribution in [0.1, 0.15) is 22.8 Å². The first kappa shape index (κ1) is 14.3. The molecular formula is C14H11F4NO. The number of halogens is 4. The third kappa shape index (κ3) is 2.91. The second-order valence-corrected chi connectivity index (χ2v) is 4.30. The molecule has 1 unspecified atom stereocenters. The molecule has 0 fully saturated rings. The molecule has 2 aromatic rings. The zero-order chi connectivity index (χ0) is 14.9. The second-order valence-electron chi connectivity index (χ2n) is 4.30. The van der Waals surface area contributed by atoms with E-state index in [2.05, 4.69) is 0 Å². The number of benzene rings is 2. The Morgan fingerprint density at radius 3 is 2.30 bits per heavy atom. The van der Waals surface area contributed by atoms with Gasteiger partial charge in [-0.25, -0.2) is 4.39 Å². The van der Waals surface area contributed by atoms with Crippen LogP contribution in [0.5, 0.6) is 0 Å². The average Bonchev–Trinajstić information content (AvgIpc) is 2.36. The van der Waals surface area contributed by atoms with Crippen LogP contribution in [0.15, 0.2) is 42.5 Å². The SMILES string of the molecule is Nc1cc(C(F)(F)F)ccc1C(O)c1cccc(F)c1. The van der Waals surface area contributed by atoms with Gasteiger partial charge < -0.3 is 10.8 Å². The Bertz CT molecular complexity index is 625. The first-order chi connectivity index (χ1) is 9.29. The Hall–Kier alpha value is -2.08. The summed E-state index contributed by atoms with van der Waals surface area (Å²) in [6.45, 7) is 0. The van der Waals surface area contributed by atoms with Crippen LogP contribution in [0.25, 0.3) is 0 Å². The smallest absolute Gasteiger partial charge is 0.398 e. The lowest BCUT2D eigenvalue weighted by molar-refractivity contribution is -0.137. The van der Waals surface area contributed by atoms with Crippen molar-refractivity contribution >= 4 is 5.69 Å². The minimum Gasteiger partial charge on any atom is -0.398 e. The summed E-state index contributed by atoms with van der Waals surface area (Å²) in [5, 5.41) is 10.1. The molecule has 2 nitrogen and oxygen atoms in total. The van der Waals surface area contributed by atoms with Crippen molar-refractivity contribution in [2.45, 2.75) is 12.3 Å². The average molecular weight is 285 g/mol. The van der Waals surface area contributed by atoms with E-state index in [1.54, 1.807) is 0 Å². The third-order valence-corrected chi connectivity index (χ3v) is 2.87. The number of aliphatic hydroxyl groups is 1. The first-order valence-corrected chi connectivity index (χ1v) is 5.69. The molecule has 0 aliphatic carbocycles. The molecule has 20 heavy (non-hydrogen) atoms. The minimum absolute atomic E-state index is 0.101. The van der Waals surface area contributed by atoms with Gasteiger partial charge in [-0.1, -0.05) is 18.2 Å². The predicted molar refractivity (Wildman–Crippen MR) is 66.3 cm³/mol. The summed E-state index contributed by atoms with van der Waals surface area (Å²) in [7, 11) is 0. The van der Waals surface area contributed by atoms with Crippen molar-refractivity contribution in [3.05, 3.63) is 65.0 Å². The van der Waals surface area contributed by atoms with Crippen LogP contribution in [-0.2, 0) is 6.18 Å². The highest BCUT2D eigenvalue weighted by Crippen LogP contribution is 2.34. The van der Waals surface area contributed by atoms with Crippen molar-refractivity contribution < 1.29 is 22.7 Å². The van der Waals surface area contributed by atoms with E-state index in [0.29, 0.717) is 0 Å². The van der Waals surface area contributed by atoms with Crippen LogP contribution in [-0.4, -0.2) is 5.11 Å². The van der Waals surface area contributed by atoms with Gasteiger partial charge in [0.15, 0.2) is 0 Å². The minimum atomic E-state index is -4.50. The maximum Gasteiger partial charge on any atom is 0.416 e. The van der Waals surface area contributed by atoms with Gasteiger partial charge in [-0.2, -0.15) is 13.2 Å². The fourth-order valence-corrected chi connectivity index (χ4v) is 1.86. The molecule has 2 rings (SSSR count). The van der Waals surface area contributed by atoms with Gasteiger partial charge in [-0.15, -0.1) is 0 Å². The number of rotatable bonds is 2. The molecule has 0 aliphatic heterocycles. The molecule has 6 heteroatoms. The van der Waals surface area contributed by atoms with Gasteiger partial charge in [0.25, 0.3) is 0 Å². The molecule has 2 aromatic carbocycles. The molecule has 0 saturated heterocycles. The molecule has 0 heterocycles. The van der Waals surface area contributed by atoms with E-state index in [1.165, 1.54) is 18.2 Å². The topological polar surface area (TPSA) is 46.2 Å². The van der Waals surface area contributed by atoms with Crippen molar-refractivity contribution in [2.75, 3.05) is 5.73 Å². The Balaban J connectivity index is 2.38. The molecule has 0 saturated carbocycles. The number of nitrogens with two attached hydrogens (primary N) is 1. The molecule has 0 spiro atoms. The van der Waals surface area contributed by atoms with Crippen LogP contribution in [0.3, 0.4) is 0 Å².